The maximum Gasteiger partial charge on any atom is 0.136 e. The standard InChI is InChI=1S/C24H21ClN4/c25-21-10-11-22-23-19(21)8-4-9-20(23)24(27-12-5-14-28-15-13-26-17-28)29(22)16-18-6-2-1-3-7-18/h1-4,6-11,13,15,17H,5,12,14,16H2/b27-24+. The van der Waals surface area contributed by atoms with Crippen LogP contribution in [-0.4, -0.2) is 21.9 Å². The molecule has 0 spiro atoms. The minimum absolute atomic E-state index is 0.761. The number of aryl methyl sites for hydroxylation is 1. The maximum atomic E-state index is 6.50. The van der Waals surface area contributed by atoms with Crippen molar-refractivity contribution in [3.63, 3.8) is 0 Å². The molecule has 0 N–H and O–H groups in total. The Morgan fingerprint density at radius 1 is 0.966 bits per heavy atom. The molecule has 1 aliphatic heterocycles. The lowest BCUT2D eigenvalue weighted by Crippen LogP contribution is -2.27. The fourth-order valence-electron chi connectivity index (χ4n) is 3.98. The lowest BCUT2D eigenvalue weighted by Gasteiger charge is -2.21. The van der Waals surface area contributed by atoms with Crippen molar-refractivity contribution in [3.05, 3.63) is 95.5 Å². The van der Waals surface area contributed by atoms with Gasteiger partial charge in [0.05, 0.1) is 12.0 Å². The molecule has 4 aromatic rings. The molecule has 0 aliphatic carbocycles. The first-order valence-corrected chi connectivity index (χ1v) is 10.2. The molecule has 0 amide bonds. The van der Waals surface area contributed by atoms with Gasteiger partial charge in [-0.1, -0.05) is 60.1 Å². The summed E-state index contributed by atoms with van der Waals surface area (Å²) in [6.07, 6.45) is 6.61. The van der Waals surface area contributed by atoms with E-state index in [0.717, 1.165) is 42.3 Å². The summed E-state index contributed by atoms with van der Waals surface area (Å²) in [5.74, 6) is 1.03. The lowest BCUT2D eigenvalue weighted by molar-refractivity contribution is 0.650. The monoisotopic (exact) mass is 400 g/mol. The van der Waals surface area contributed by atoms with E-state index in [-0.39, 0.29) is 0 Å². The molecule has 0 fully saturated rings. The molecule has 29 heavy (non-hydrogen) atoms. The van der Waals surface area contributed by atoms with E-state index in [4.69, 9.17) is 16.6 Å². The van der Waals surface area contributed by atoms with Gasteiger partial charge in [0.2, 0.25) is 0 Å². The Morgan fingerprint density at radius 3 is 2.69 bits per heavy atom. The lowest BCUT2D eigenvalue weighted by atomic mass is 10.1. The van der Waals surface area contributed by atoms with Gasteiger partial charge in [0.25, 0.3) is 0 Å². The topological polar surface area (TPSA) is 33.4 Å². The van der Waals surface area contributed by atoms with Crippen molar-refractivity contribution in [1.29, 1.82) is 0 Å². The van der Waals surface area contributed by atoms with Gasteiger partial charge in [-0.25, -0.2) is 4.98 Å². The van der Waals surface area contributed by atoms with Gasteiger partial charge in [-0.15, -0.1) is 0 Å². The molecule has 2 heterocycles. The summed E-state index contributed by atoms with van der Waals surface area (Å²) in [6, 6.07) is 21.0. The highest BCUT2D eigenvalue weighted by Crippen LogP contribution is 2.41. The molecule has 0 saturated carbocycles. The second kappa shape index (κ2) is 7.72. The zero-order valence-corrected chi connectivity index (χ0v) is 16.8. The van der Waals surface area contributed by atoms with Gasteiger partial charge >= 0.3 is 0 Å². The van der Waals surface area contributed by atoms with E-state index in [1.165, 1.54) is 22.2 Å². The van der Waals surface area contributed by atoms with Crippen LogP contribution in [0.4, 0.5) is 5.69 Å². The van der Waals surface area contributed by atoms with Gasteiger partial charge in [-0.05, 0) is 24.1 Å². The van der Waals surface area contributed by atoms with Crippen molar-refractivity contribution in [2.24, 2.45) is 4.99 Å². The third-order valence-corrected chi connectivity index (χ3v) is 5.66. The largest absolute Gasteiger partial charge is 0.337 e. The van der Waals surface area contributed by atoms with Gasteiger partial charge in [-0.2, -0.15) is 0 Å². The second-order valence-electron chi connectivity index (χ2n) is 7.23. The molecule has 1 aliphatic rings. The number of aromatic nitrogens is 2. The minimum Gasteiger partial charge on any atom is -0.337 e. The third kappa shape index (κ3) is 3.40. The van der Waals surface area contributed by atoms with Gasteiger partial charge in [0, 0.05) is 53.4 Å². The summed E-state index contributed by atoms with van der Waals surface area (Å²) >= 11 is 6.50. The molecule has 0 atom stereocenters. The van der Waals surface area contributed by atoms with Crippen molar-refractivity contribution < 1.29 is 0 Å². The van der Waals surface area contributed by atoms with E-state index in [1.807, 2.05) is 30.9 Å². The number of nitrogens with zero attached hydrogens (tertiary/aromatic N) is 4. The molecule has 3 aromatic carbocycles. The van der Waals surface area contributed by atoms with Crippen molar-refractivity contribution in [2.75, 3.05) is 11.4 Å². The number of amidine groups is 1. The number of halogens is 1. The third-order valence-electron chi connectivity index (χ3n) is 5.33. The Hall–Kier alpha value is -3.11. The van der Waals surface area contributed by atoms with Crippen LogP contribution in [0.25, 0.3) is 10.8 Å². The molecule has 0 unspecified atom stereocenters. The van der Waals surface area contributed by atoms with Crippen molar-refractivity contribution in [3.8, 4) is 0 Å². The van der Waals surface area contributed by atoms with Crippen molar-refractivity contribution >= 4 is 33.9 Å². The summed E-state index contributed by atoms with van der Waals surface area (Å²) in [5, 5.41) is 3.07. The molecule has 0 radical (unpaired) electrons. The average Bonchev–Trinajstić information content (AvgIpc) is 3.37. The molecule has 5 rings (SSSR count). The zero-order chi connectivity index (χ0) is 19.6. The van der Waals surface area contributed by atoms with E-state index in [2.05, 4.69) is 63.0 Å². The SMILES string of the molecule is Clc1ccc2c3c(cccc13)/C(=N\CCCn1ccnc1)N2Cc1ccccc1. The summed E-state index contributed by atoms with van der Waals surface area (Å²) in [6.45, 7) is 2.46. The van der Waals surface area contributed by atoms with Crippen molar-refractivity contribution in [1.82, 2.24) is 9.55 Å². The summed E-state index contributed by atoms with van der Waals surface area (Å²) < 4.78 is 2.09. The Kier molecular flexibility index (Phi) is 4.78. The van der Waals surface area contributed by atoms with Crippen LogP contribution in [0.15, 0.2) is 84.4 Å². The molecule has 5 heteroatoms. The first-order chi connectivity index (χ1) is 14.3. The Morgan fingerprint density at radius 2 is 1.86 bits per heavy atom. The van der Waals surface area contributed by atoms with Gasteiger partial charge in [-0.3, -0.25) is 4.99 Å². The number of aliphatic imine (C=N–C) groups is 1. The smallest absolute Gasteiger partial charge is 0.136 e. The number of imidazole rings is 1. The van der Waals surface area contributed by atoms with Crippen LogP contribution in [-0.2, 0) is 13.1 Å². The van der Waals surface area contributed by atoms with Crippen LogP contribution in [0.1, 0.15) is 17.5 Å². The molecule has 144 valence electrons. The van der Waals surface area contributed by atoms with Crippen molar-refractivity contribution in [2.45, 2.75) is 19.5 Å². The summed E-state index contributed by atoms with van der Waals surface area (Å²) in [7, 11) is 0. The zero-order valence-electron chi connectivity index (χ0n) is 16.0. The van der Waals surface area contributed by atoms with Gasteiger partial charge in [0.15, 0.2) is 0 Å². The van der Waals surface area contributed by atoms with E-state index in [1.54, 1.807) is 0 Å². The van der Waals surface area contributed by atoms with Crippen LogP contribution in [0.5, 0.6) is 0 Å². The second-order valence-corrected chi connectivity index (χ2v) is 7.63. The number of anilines is 1. The Bertz CT molecular complexity index is 1170. The molecule has 1 aromatic heterocycles. The van der Waals surface area contributed by atoms with Gasteiger partial charge < -0.3 is 9.47 Å². The number of rotatable bonds is 6. The first-order valence-electron chi connectivity index (χ1n) is 9.84. The molecule has 0 saturated heterocycles. The quantitative estimate of drug-likeness (QED) is 0.398. The fourth-order valence-corrected chi connectivity index (χ4v) is 4.20. The average molecular weight is 401 g/mol. The number of benzene rings is 3. The minimum atomic E-state index is 0.761. The van der Waals surface area contributed by atoms with E-state index in [9.17, 15) is 0 Å². The molecular weight excluding hydrogens is 380 g/mol. The molecular formula is C24H21ClN4. The first kappa shape index (κ1) is 18.0. The highest BCUT2D eigenvalue weighted by molar-refractivity contribution is 6.38. The number of hydrogen-bond donors (Lipinski definition) is 0. The predicted octanol–water partition coefficient (Wildman–Crippen LogP) is 5.55. The Balaban J connectivity index is 1.50. The highest BCUT2D eigenvalue weighted by Gasteiger charge is 2.28. The highest BCUT2D eigenvalue weighted by atomic mass is 35.5. The summed E-state index contributed by atoms with van der Waals surface area (Å²) in [5.41, 5.74) is 3.60. The van der Waals surface area contributed by atoms with E-state index in [0.29, 0.717) is 0 Å². The van der Waals surface area contributed by atoms with Crippen LogP contribution in [0, 0.1) is 0 Å². The summed E-state index contributed by atoms with van der Waals surface area (Å²) in [4.78, 5) is 11.5. The van der Waals surface area contributed by atoms with E-state index < -0.39 is 0 Å². The maximum absolute atomic E-state index is 6.50. The van der Waals surface area contributed by atoms with Crippen LogP contribution in [0.2, 0.25) is 5.02 Å². The molecule has 4 nitrogen and oxygen atoms in total. The predicted molar refractivity (Wildman–Crippen MR) is 120 cm³/mol. The van der Waals surface area contributed by atoms with Gasteiger partial charge in [0.1, 0.15) is 5.84 Å². The van der Waals surface area contributed by atoms with Crippen LogP contribution >= 0.6 is 11.6 Å². The fraction of sp³-hybridized carbons (Fsp3) is 0.167. The van der Waals surface area contributed by atoms with Crippen LogP contribution in [0.3, 0.4) is 0 Å². The van der Waals surface area contributed by atoms with Crippen LogP contribution < -0.4 is 4.90 Å². The molecule has 0 bridgehead atoms. The number of hydrogen-bond acceptors (Lipinski definition) is 2. The van der Waals surface area contributed by atoms with E-state index >= 15 is 0 Å². The normalized spacial score (nSPS) is 14.2. The Labute approximate surface area is 175 Å².